The molecule has 5 aromatic rings. The van der Waals surface area contributed by atoms with Gasteiger partial charge in [-0.05, 0) is 54.3 Å². The normalized spacial score (nSPS) is 15.4. The molecule has 4 heterocycles. The van der Waals surface area contributed by atoms with Crippen LogP contribution in [0.4, 0.5) is 17.5 Å². The van der Waals surface area contributed by atoms with Gasteiger partial charge in [0.1, 0.15) is 11.2 Å². The summed E-state index contributed by atoms with van der Waals surface area (Å²) in [4.78, 5) is 36.5. The summed E-state index contributed by atoms with van der Waals surface area (Å²) >= 11 is 0. The monoisotopic (exact) mass is 593 g/mol. The highest BCUT2D eigenvalue weighted by Crippen LogP contribution is 2.35. The molecule has 1 aliphatic carbocycles. The van der Waals surface area contributed by atoms with Crippen LogP contribution < -0.4 is 15.6 Å². The number of nitrogens with zero attached hydrogens (tertiary/aromatic N) is 4. The van der Waals surface area contributed by atoms with Crippen molar-refractivity contribution in [2.24, 2.45) is 0 Å². The fraction of sp³-hybridized carbons (Fsp3) is 0.371. The number of hydrogen-bond donors (Lipinski definition) is 1. The number of rotatable bonds is 6. The third kappa shape index (κ3) is 6.10. The van der Waals surface area contributed by atoms with E-state index in [1.165, 1.54) is 19.3 Å². The Labute approximate surface area is 256 Å². The highest BCUT2D eigenvalue weighted by atomic mass is 16.5. The van der Waals surface area contributed by atoms with Crippen molar-refractivity contribution in [3.8, 4) is 11.1 Å². The van der Waals surface area contributed by atoms with Gasteiger partial charge in [0.2, 0.25) is 5.95 Å². The Morgan fingerprint density at radius 3 is 2.39 bits per heavy atom. The van der Waals surface area contributed by atoms with E-state index in [9.17, 15) is 9.59 Å². The zero-order valence-corrected chi connectivity index (χ0v) is 25.6. The maximum atomic E-state index is 12.8. The molecule has 3 aromatic heterocycles. The Morgan fingerprint density at radius 2 is 1.68 bits per heavy atom. The quantitative estimate of drug-likeness (QED) is 0.202. The SMILES string of the molecule is CC(=O)c1cc2cnc(Nc3ccc(-c4ccc5c(=O)cc(N6CCOCC6)oc5c4)cc3)nc2n1C1CCCC1.CCC. The third-order valence-electron chi connectivity index (χ3n) is 8.14. The summed E-state index contributed by atoms with van der Waals surface area (Å²) in [7, 11) is 0. The van der Waals surface area contributed by atoms with Gasteiger partial charge in [0, 0.05) is 49.4 Å². The Morgan fingerprint density at radius 1 is 0.977 bits per heavy atom. The minimum absolute atomic E-state index is 0.0466. The first-order valence-electron chi connectivity index (χ1n) is 15.6. The number of aromatic nitrogens is 3. The van der Waals surface area contributed by atoms with Crippen LogP contribution in [0.25, 0.3) is 33.1 Å². The van der Waals surface area contributed by atoms with Crippen molar-refractivity contribution < 1.29 is 13.9 Å². The van der Waals surface area contributed by atoms with Crippen LogP contribution in [0.1, 0.15) is 69.4 Å². The zero-order valence-electron chi connectivity index (χ0n) is 25.6. The fourth-order valence-corrected chi connectivity index (χ4v) is 6.01. The maximum Gasteiger partial charge on any atom is 0.229 e. The fourth-order valence-electron chi connectivity index (χ4n) is 6.01. The minimum atomic E-state index is -0.0506. The molecule has 2 fully saturated rings. The number of Topliss-reactive ketones (excluding diaryl/α,β-unsaturated/α-hetero) is 1. The molecule has 0 radical (unpaired) electrons. The molecule has 1 aliphatic heterocycles. The predicted molar refractivity (Wildman–Crippen MR) is 175 cm³/mol. The first-order valence-corrected chi connectivity index (χ1v) is 15.6. The topological polar surface area (TPSA) is 102 Å². The molecule has 9 nitrogen and oxygen atoms in total. The van der Waals surface area contributed by atoms with Gasteiger partial charge in [-0.25, -0.2) is 4.98 Å². The summed E-state index contributed by atoms with van der Waals surface area (Å²) in [6, 6.07) is 17.4. The lowest BCUT2D eigenvalue weighted by Crippen LogP contribution is -2.36. The minimum Gasteiger partial charge on any atom is -0.440 e. The van der Waals surface area contributed by atoms with Crippen LogP contribution in [0.15, 0.2) is 70.0 Å². The molecule has 44 heavy (non-hydrogen) atoms. The Hall–Kier alpha value is -4.50. The molecule has 228 valence electrons. The summed E-state index contributed by atoms with van der Waals surface area (Å²) < 4.78 is 13.7. The molecule has 7 rings (SSSR count). The lowest BCUT2D eigenvalue weighted by Gasteiger charge is -2.27. The standard InChI is InChI=1S/C32H31N5O4.C3H8/c1-20(38)27-16-23-19-33-32(35-31(23)37(27)25-4-2-3-5-25)34-24-9-6-21(7-10-24)22-8-11-26-28(39)18-30(41-29(26)17-22)36-12-14-40-15-13-36;1-3-2/h6-11,16-19,25H,2-5,12-15H2,1H3,(H,33,34,35);3H2,1-2H3. The van der Waals surface area contributed by atoms with Crippen molar-refractivity contribution in [3.05, 3.63) is 76.7 Å². The van der Waals surface area contributed by atoms with Gasteiger partial charge in [0.25, 0.3) is 0 Å². The summed E-state index contributed by atoms with van der Waals surface area (Å²) in [5.41, 5.74) is 4.81. The molecule has 2 aromatic carbocycles. The zero-order chi connectivity index (χ0) is 30.6. The average molecular weight is 594 g/mol. The smallest absolute Gasteiger partial charge is 0.229 e. The summed E-state index contributed by atoms with van der Waals surface area (Å²) in [5.74, 6) is 1.11. The molecule has 1 saturated heterocycles. The number of ketones is 1. The van der Waals surface area contributed by atoms with Crippen molar-refractivity contribution in [1.82, 2.24) is 14.5 Å². The van der Waals surface area contributed by atoms with Gasteiger partial charge in [-0.1, -0.05) is 51.3 Å². The van der Waals surface area contributed by atoms with E-state index in [1.54, 1.807) is 19.2 Å². The van der Waals surface area contributed by atoms with Crippen LogP contribution in [0.3, 0.4) is 0 Å². The Kier molecular flexibility index (Phi) is 8.74. The van der Waals surface area contributed by atoms with Crippen molar-refractivity contribution in [3.63, 3.8) is 0 Å². The van der Waals surface area contributed by atoms with Crippen molar-refractivity contribution in [2.75, 3.05) is 36.5 Å². The first kappa shape index (κ1) is 29.6. The molecule has 1 saturated carbocycles. The molecule has 0 spiro atoms. The van der Waals surface area contributed by atoms with Crippen molar-refractivity contribution >= 4 is 45.3 Å². The number of ether oxygens (including phenoxy) is 1. The van der Waals surface area contributed by atoms with E-state index < -0.39 is 0 Å². The van der Waals surface area contributed by atoms with E-state index in [0.717, 1.165) is 40.7 Å². The lowest BCUT2D eigenvalue weighted by molar-refractivity contribution is 0.100. The van der Waals surface area contributed by atoms with Crippen LogP contribution in [0.5, 0.6) is 0 Å². The second-order valence-corrected chi connectivity index (χ2v) is 11.5. The first-order chi connectivity index (χ1) is 21.4. The van der Waals surface area contributed by atoms with E-state index in [0.29, 0.717) is 60.8 Å². The second-order valence-electron chi connectivity index (χ2n) is 11.5. The van der Waals surface area contributed by atoms with Crippen LogP contribution in [0.2, 0.25) is 0 Å². The lowest BCUT2D eigenvalue weighted by atomic mass is 10.0. The summed E-state index contributed by atoms with van der Waals surface area (Å²) in [6.45, 7) is 8.49. The summed E-state index contributed by atoms with van der Waals surface area (Å²) in [6.07, 6.45) is 7.49. The van der Waals surface area contributed by atoms with Gasteiger partial charge in [-0.3, -0.25) is 9.59 Å². The van der Waals surface area contributed by atoms with Gasteiger partial charge < -0.3 is 23.9 Å². The van der Waals surface area contributed by atoms with Crippen molar-refractivity contribution in [1.29, 1.82) is 0 Å². The average Bonchev–Trinajstić information content (AvgIpc) is 3.70. The van der Waals surface area contributed by atoms with Gasteiger partial charge in [-0.15, -0.1) is 0 Å². The number of fused-ring (bicyclic) bond motifs is 2. The van der Waals surface area contributed by atoms with Crippen LogP contribution in [0, 0.1) is 0 Å². The molecule has 0 unspecified atom stereocenters. The maximum absolute atomic E-state index is 12.8. The van der Waals surface area contributed by atoms with E-state index in [2.05, 4.69) is 28.7 Å². The predicted octanol–water partition coefficient (Wildman–Crippen LogP) is 7.52. The van der Waals surface area contributed by atoms with Crippen LogP contribution in [-0.4, -0.2) is 46.6 Å². The number of carbonyl (C=O) groups is 1. The number of carbonyl (C=O) groups excluding carboxylic acids is 1. The van der Waals surface area contributed by atoms with Gasteiger partial charge in [0.15, 0.2) is 17.1 Å². The second kappa shape index (κ2) is 13.0. The molecule has 0 bridgehead atoms. The van der Waals surface area contributed by atoms with Crippen LogP contribution in [-0.2, 0) is 4.74 Å². The molecule has 0 atom stereocenters. The van der Waals surface area contributed by atoms with E-state index in [-0.39, 0.29) is 11.2 Å². The molecule has 0 amide bonds. The summed E-state index contributed by atoms with van der Waals surface area (Å²) in [5, 5.41) is 4.76. The molecular weight excluding hydrogens is 554 g/mol. The van der Waals surface area contributed by atoms with E-state index in [4.69, 9.17) is 14.1 Å². The van der Waals surface area contributed by atoms with E-state index in [1.807, 2.05) is 53.4 Å². The highest BCUT2D eigenvalue weighted by Gasteiger charge is 2.24. The number of benzene rings is 2. The molecule has 1 N–H and O–H groups in total. The Bertz CT molecular complexity index is 1830. The number of anilines is 3. The molecule has 2 aliphatic rings. The van der Waals surface area contributed by atoms with Gasteiger partial charge >= 0.3 is 0 Å². The largest absolute Gasteiger partial charge is 0.440 e. The number of morpholine rings is 1. The van der Waals surface area contributed by atoms with E-state index >= 15 is 0 Å². The number of hydrogen-bond acceptors (Lipinski definition) is 8. The Balaban J connectivity index is 0.00000110. The van der Waals surface area contributed by atoms with Gasteiger partial charge in [0.05, 0.1) is 24.3 Å². The molecular formula is C35H39N5O4. The van der Waals surface area contributed by atoms with Crippen LogP contribution >= 0.6 is 0 Å². The highest BCUT2D eigenvalue weighted by molar-refractivity contribution is 5.98. The van der Waals surface area contributed by atoms with Crippen molar-refractivity contribution in [2.45, 2.75) is 58.9 Å². The van der Waals surface area contributed by atoms with Gasteiger partial charge in [-0.2, -0.15) is 4.98 Å². The number of nitrogens with one attached hydrogen (secondary N) is 1. The molecule has 9 heteroatoms. The third-order valence-corrected chi connectivity index (χ3v) is 8.14.